The summed E-state index contributed by atoms with van der Waals surface area (Å²) in [6.07, 6.45) is 3.54. The number of hydrogen-bond donors (Lipinski definition) is 1. The van der Waals surface area contributed by atoms with Gasteiger partial charge in [-0.25, -0.2) is 4.98 Å². The molecule has 1 atom stereocenters. The fraction of sp³-hybridized carbons (Fsp3) is 0.579. The molecule has 24 heavy (non-hydrogen) atoms. The number of benzene rings is 1. The van der Waals surface area contributed by atoms with E-state index in [1.54, 1.807) is 0 Å². The zero-order valence-corrected chi connectivity index (χ0v) is 15.0. The number of piperidine rings is 1. The van der Waals surface area contributed by atoms with Crippen molar-refractivity contribution in [3.05, 3.63) is 24.0 Å². The number of likely N-dealkylation sites (tertiary alicyclic amines) is 1. The van der Waals surface area contributed by atoms with Crippen molar-refractivity contribution in [2.24, 2.45) is 5.92 Å². The van der Waals surface area contributed by atoms with Gasteiger partial charge in [0, 0.05) is 18.8 Å². The number of carbonyl (C=O) groups is 1. The number of nitrogens with zero attached hydrogens (tertiary/aromatic N) is 3. The van der Waals surface area contributed by atoms with Crippen LogP contribution in [0, 0.1) is 12.8 Å². The van der Waals surface area contributed by atoms with Gasteiger partial charge in [0.2, 0.25) is 5.91 Å². The Balaban J connectivity index is 1.67. The number of hydrogen-bond acceptors (Lipinski definition) is 3. The summed E-state index contributed by atoms with van der Waals surface area (Å²) in [5, 5.41) is 3.03. The summed E-state index contributed by atoms with van der Waals surface area (Å²) in [6.45, 7) is 9.96. The molecule has 1 N–H and O–H groups in total. The van der Waals surface area contributed by atoms with Crippen LogP contribution in [0.3, 0.4) is 0 Å². The zero-order chi connectivity index (χ0) is 17.1. The quantitative estimate of drug-likeness (QED) is 0.915. The minimum Gasteiger partial charge on any atom is -0.328 e. The van der Waals surface area contributed by atoms with Gasteiger partial charge in [0.05, 0.1) is 17.6 Å². The summed E-state index contributed by atoms with van der Waals surface area (Å²) in [5.41, 5.74) is 2.92. The summed E-state index contributed by atoms with van der Waals surface area (Å²) >= 11 is 0. The average molecular weight is 328 g/mol. The van der Waals surface area contributed by atoms with Gasteiger partial charge in [-0.2, -0.15) is 0 Å². The van der Waals surface area contributed by atoms with Gasteiger partial charge >= 0.3 is 0 Å². The topological polar surface area (TPSA) is 50.2 Å². The largest absolute Gasteiger partial charge is 0.328 e. The number of fused-ring (bicyclic) bond motifs is 1. The molecule has 2 aromatic rings. The SMILES string of the molecule is CCCn1c(C)nc2cc(NC(=O)CN3CCCC(C)C3)ccc21. The van der Waals surface area contributed by atoms with E-state index in [0.29, 0.717) is 12.5 Å². The van der Waals surface area contributed by atoms with Gasteiger partial charge in [0.25, 0.3) is 0 Å². The molecule has 130 valence electrons. The minimum absolute atomic E-state index is 0.0631. The first kappa shape index (κ1) is 17.0. The normalized spacial score (nSPS) is 18.9. The standard InChI is InChI=1S/C19H28N4O/c1-4-9-23-15(3)20-17-11-16(7-8-18(17)23)21-19(24)13-22-10-5-6-14(2)12-22/h7-8,11,14H,4-6,9-10,12-13H2,1-3H3,(H,21,24). The molecule has 0 spiro atoms. The number of aryl methyl sites for hydroxylation is 2. The van der Waals surface area contributed by atoms with E-state index in [1.807, 2.05) is 19.1 Å². The number of imidazole rings is 1. The van der Waals surface area contributed by atoms with Gasteiger partial charge in [-0.15, -0.1) is 0 Å². The smallest absolute Gasteiger partial charge is 0.238 e. The molecular formula is C19H28N4O. The summed E-state index contributed by atoms with van der Waals surface area (Å²) in [7, 11) is 0. The summed E-state index contributed by atoms with van der Waals surface area (Å²) in [6, 6.07) is 6.02. The average Bonchev–Trinajstić information content (AvgIpc) is 2.83. The lowest BCUT2D eigenvalue weighted by molar-refractivity contribution is -0.117. The van der Waals surface area contributed by atoms with Crippen molar-refractivity contribution < 1.29 is 4.79 Å². The molecule has 1 aliphatic heterocycles. The molecule has 1 aliphatic rings. The fourth-order valence-corrected chi connectivity index (χ4v) is 3.67. The maximum absolute atomic E-state index is 12.3. The molecule has 3 rings (SSSR count). The minimum atomic E-state index is 0.0631. The molecule has 0 bridgehead atoms. The second-order valence-electron chi connectivity index (χ2n) is 7.04. The molecule has 5 nitrogen and oxygen atoms in total. The Morgan fingerprint density at radius 2 is 2.25 bits per heavy atom. The van der Waals surface area contributed by atoms with E-state index in [1.165, 1.54) is 12.8 Å². The predicted molar refractivity (Wildman–Crippen MR) is 98.2 cm³/mol. The van der Waals surface area contributed by atoms with Crippen molar-refractivity contribution in [3.63, 3.8) is 0 Å². The van der Waals surface area contributed by atoms with Crippen LogP contribution in [0.2, 0.25) is 0 Å². The van der Waals surface area contributed by atoms with E-state index in [4.69, 9.17) is 0 Å². The first-order valence-corrected chi connectivity index (χ1v) is 9.06. The van der Waals surface area contributed by atoms with Crippen LogP contribution in [0.5, 0.6) is 0 Å². The van der Waals surface area contributed by atoms with Crippen LogP contribution in [-0.2, 0) is 11.3 Å². The van der Waals surface area contributed by atoms with Crippen molar-refractivity contribution in [2.45, 2.75) is 46.6 Å². The number of carbonyl (C=O) groups excluding carboxylic acids is 1. The van der Waals surface area contributed by atoms with E-state index in [-0.39, 0.29) is 5.91 Å². The molecule has 2 heterocycles. The van der Waals surface area contributed by atoms with Crippen molar-refractivity contribution >= 4 is 22.6 Å². The zero-order valence-electron chi connectivity index (χ0n) is 15.0. The molecule has 1 aromatic heterocycles. The highest BCUT2D eigenvalue weighted by Crippen LogP contribution is 2.21. The molecule has 1 fully saturated rings. The van der Waals surface area contributed by atoms with Gasteiger partial charge in [0.15, 0.2) is 0 Å². The van der Waals surface area contributed by atoms with Crippen LogP contribution in [-0.4, -0.2) is 40.0 Å². The maximum atomic E-state index is 12.3. The number of anilines is 1. The lowest BCUT2D eigenvalue weighted by atomic mass is 10.0. The highest BCUT2D eigenvalue weighted by molar-refractivity contribution is 5.94. The molecule has 0 saturated carbocycles. The summed E-state index contributed by atoms with van der Waals surface area (Å²) in [5.74, 6) is 1.78. The Kier molecular flexibility index (Phi) is 5.19. The first-order chi connectivity index (χ1) is 11.6. The lowest BCUT2D eigenvalue weighted by Crippen LogP contribution is -2.39. The number of rotatable bonds is 5. The van der Waals surface area contributed by atoms with Gasteiger partial charge in [-0.1, -0.05) is 13.8 Å². The van der Waals surface area contributed by atoms with E-state index in [9.17, 15) is 4.79 Å². The molecule has 0 aliphatic carbocycles. The molecular weight excluding hydrogens is 300 g/mol. The van der Waals surface area contributed by atoms with Crippen LogP contribution in [0.25, 0.3) is 11.0 Å². The second-order valence-corrected chi connectivity index (χ2v) is 7.04. The summed E-state index contributed by atoms with van der Waals surface area (Å²) in [4.78, 5) is 19.2. The Bertz CT molecular complexity index is 721. The summed E-state index contributed by atoms with van der Waals surface area (Å²) < 4.78 is 2.23. The van der Waals surface area contributed by atoms with E-state index in [2.05, 4.69) is 39.7 Å². The van der Waals surface area contributed by atoms with Crippen LogP contribution in [0.15, 0.2) is 18.2 Å². The van der Waals surface area contributed by atoms with Gasteiger partial charge in [0.1, 0.15) is 5.82 Å². The first-order valence-electron chi connectivity index (χ1n) is 9.06. The Morgan fingerprint density at radius 3 is 3.00 bits per heavy atom. The Morgan fingerprint density at radius 1 is 1.42 bits per heavy atom. The van der Waals surface area contributed by atoms with E-state index < -0.39 is 0 Å². The lowest BCUT2D eigenvalue weighted by Gasteiger charge is -2.30. The van der Waals surface area contributed by atoms with Crippen molar-refractivity contribution in [1.29, 1.82) is 0 Å². The molecule has 1 saturated heterocycles. The predicted octanol–water partition coefficient (Wildman–Crippen LogP) is 3.43. The Labute approximate surface area is 144 Å². The fourth-order valence-electron chi connectivity index (χ4n) is 3.67. The van der Waals surface area contributed by atoms with E-state index >= 15 is 0 Å². The van der Waals surface area contributed by atoms with Crippen LogP contribution >= 0.6 is 0 Å². The third-order valence-corrected chi connectivity index (χ3v) is 4.78. The molecule has 1 aromatic carbocycles. The highest BCUT2D eigenvalue weighted by atomic mass is 16.2. The van der Waals surface area contributed by atoms with Gasteiger partial charge in [-0.05, 0) is 56.8 Å². The number of aromatic nitrogens is 2. The van der Waals surface area contributed by atoms with Crippen molar-refractivity contribution in [1.82, 2.24) is 14.5 Å². The highest BCUT2D eigenvalue weighted by Gasteiger charge is 2.18. The van der Waals surface area contributed by atoms with Crippen LogP contribution in [0.4, 0.5) is 5.69 Å². The molecule has 1 amide bonds. The third kappa shape index (κ3) is 3.78. The van der Waals surface area contributed by atoms with Crippen molar-refractivity contribution in [2.75, 3.05) is 25.0 Å². The third-order valence-electron chi connectivity index (χ3n) is 4.78. The van der Waals surface area contributed by atoms with Crippen LogP contribution in [0.1, 0.15) is 38.9 Å². The number of amides is 1. The van der Waals surface area contributed by atoms with Crippen molar-refractivity contribution in [3.8, 4) is 0 Å². The monoisotopic (exact) mass is 328 g/mol. The van der Waals surface area contributed by atoms with E-state index in [0.717, 1.165) is 48.6 Å². The second kappa shape index (κ2) is 7.34. The molecule has 0 radical (unpaired) electrons. The van der Waals surface area contributed by atoms with Gasteiger partial charge in [-0.3, -0.25) is 9.69 Å². The number of nitrogens with one attached hydrogen (secondary N) is 1. The van der Waals surface area contributed by atoms with Gasteiger partial charge < -0.3 is 9.88 Å². The van der Waals surface area contributed by atoms with Crippen LogP contribution < -0.4 is 5.32 Å². The maximum Gasteiger partial charge on any atom is 0.238 e. The molecule has 5 heteroatoms. The Hall–Kier alpha value is -1.88. The molecule has 1 unspecified atom stereocenters.